The van der Waals surface area contributed by atoms with Gasteiger partial charge in [-0.05, 0) is 211 Å². The molecule has 92 heavy (non-hydrogen) atoms. The monoisotopic (exact) mass is 1230 g/mol. The van der Waals surface area contributed by atoms with E-state index in [-0.39, 0.29) is 10.8 Å². The highest BCUT2D eigenvalue weighted by Crippen LogP contribution is 2.52. The van der Waals surface area contributed by atoms with Crippen molar-refractivity contribution in [2.24, 2.45) is 0 Å². The van der Waals surface area contributed by atoms with Crippen LogP contribution in [0.2, 0.25) is 0 Å². The Morgan fingerprint density at radius 1 is 0.457 bits per heavy atom. The lowest BCUT2D eigenvalue weighted by Crippen LogP contribution is -2.14. The molecule has 0 spiro atoms. The maximum absolute atomic E-state index is 13.7. The van der Waals surface area contributed by atoms with Crippen LogP contribution in [-0.2, 0) is 23.2 Å². The molecule has 0 bridgehead atoms. The van der Waals surface area contributed by atoms with Crippen LogP contribution in [0.5, 0.6) is 0 Å². The number of rotatable bonds is 11. The van der Waals surface area contributed by atoms with E-state index >= 15 is 0 Å². The van der Waals surface area contributed by atoms with Crippen LogP contribution in [0, 0.1) is 0 Å². The lowest BCUT2D eigenvalue weighted by Gasteiger charge is -2.26. The van der Waals surface area contributed by atoms with Gasteiger partial charge in [-0.1, -0.05) is 174 Å². The number of halogens is 6. The number of benzene rings is 11. The summed E-state index contributed by atoms with van der Waals surface area (Å²) in [5.74, 6) is 0. The molecule has 0 unspecified atom stereocenters. The van der Waals surface area contributed by atoms with E-state index in [1.807, 2.05) is 55.5 Å². The van der Waals surface area contributed by atoms with Gasteiger partial charge in [-0.2, -0.15) is 35.1 Å². The second kappa shape index (κ2) is 21.7. The van der Waals surface area contributed by atoms with Gasteiger partial charge >= 0.3 is 12.4 Å². The summed E-state index contributed by atoms with van der Waals surface area (Å²) >= 11 is 1.16. The lowest BCUT2D eigenvalue weighted by molar-refractivity contribution is -0.138. The molecule has 11 heteroatoms. The molecule has 450 valence electrons. The molecular weight excluding hydrogens is 1170 g/mol. The highest BCUT2D eigenvalue weighted by molar-refractivity contribution is 7.00. The molecule has 0 aliphatic heterocycles. The SMILES string of the molecule is C=Cc1c(/C=C(\C)c2ccc(C(F)(F)F)cc2)c2cc(-c3ccc(C(F)(F)F)cc3)ccc2n1-c1ccc(-c2ccc(N(c3ccc(-c4ccc5c(c4)C(C)(C)c4ccccc4-5)cc3)c3ccc(-c4ccc5c(c4)C(C)(C)c4ccccc4-5)cc3)c3nsnc23)cc1. The Kier molecular flexibility index (Phi) is 13.7. The van der Waals surface area contributed by atoms with Crippen LogP contribution in [0.1, 0.15) is 84.8 Å². The number of allylic oxidation sites excluding steroid dienone is 1. The molecule has 0 amide bonds. The van der Waals surface area contributed by atoms with Crippen molar-refractivity contribution in [2.45, 2.75) is 57.8 Å². The zero-order valence-corrected chi connectivity index (χ0v) is 51.7. The minimum absolute atomic E-state index is 0.137. The summed E-state index contributed by atoms with van der Waals surface area (Å²) < 4.78 is 94.0. The first-order valence-corrected chi connectivity index (χ1v) is 31.2. The Bertz CT molecular complexity index is 4970. The van der Waals surface area contributed by atoms with Gasteiger partial charge in [0, 0.05) is 44.4 Å². The van der Waals surface area contributed by atoms with E-state index in [1.165, 1.54) is 68.8 Å². The molecule has 0 fully saturated rings. The van der Waals surface area contributed by atoms with Crippen molar-refractivity contribution in [1.82, 2.24) is 13.3 Å². The maximum Gasteiger partial charge on any atom is 0.416 e. The molecule has 0 radical (unpaired) electrons. The minimum Gasteiger partial charge on any atom is -0.309 e. The highest BCUT2D eigenvalue weighted by atomic mass is 32.1. The molecule has 11 aromatic carbocycles. The fourth-order valence-corrected chi connectivity index (χ4v) is 14.6. The molecule has 0 atom stereocenters. The third-order valence-electron chi connectivity index (χ3n) is 19.0. The van der Waals surface area contributed by atoms with Crippen molar-refractivity contribution >= 4 is 68.5 Å². The third-order valence-corrected chi connectivity index (χ3v) is 19.5. The van der Waals surface area contributed by atoms with E-state index in [0.717, 1.165) is 120 Å². The van der Waals surface area contributed by atoms with Crippen LogP contribution in [0.4, 0.5) is 43.4 Å². The number of fused-ring (bicyclic) bond motifs is 8. The van der Waals surface area contributed by atoms with Gasteiger partial charge in [0.2, 0.25) is 0 Å². The Hall–Kier alpha value is -10.4. The Labute approximate surface area is 533 Å². The van der Waals surface area contributed by atoms with E-state index in [1.54, 1.807) is 6.08 Å². The summed E-state index contributed by atoms with van der Waals surface area (Å²) in [4.78, 5) is 2.26. The number of anilines is 3. The molecule has 15 rings (SSSR count). The van der Waals surface area contributed by atoms with E-state index < -0.39 is 23.5 Å². The van der Waals surface area contributed by atoms with E-state index in [4.69, 9.17) is 8.75 Å². The van der Waals surface area contributed by atoms with Gasteiger partial charge < -0.3 is 9.47 Å². The van der Waals surface area contributed by atoms with Gasteiger partial charge in [0.05, 0.1) is 39.8 Å². The maximum atomic E-state index is 13.7. The average Bonchev–Trinajstić information content (AvgIpc) is 1.59. The van der Waals surface area contributed by atoms with Gasteiger partial charge in [0.15, 0.2) is 0 Å². The van der Waals surface area contributed by atoms with Crippen molar-refractivity contribution in [1.29, 1.82) is 0 Å². The summed E-state index contributed by atoms with van der Waals surface area (Å²) in [5, 5.41) is 0.768. The first kappa shape index (κ1) is 58.0. The van der Waals surface area contributed by atoms with E-state index in [9.17, 15) is 26.3 Å². The van der Waals surface area contributed by atoms with E-state index in [0.29, 0.717) is 28.0 Å². The van der Waals surface area contributed by atoms with Crippen molar-refractivity contribution in [3.05, 3.63) is 293 Å². The number of alkyl halides is 6. The topological polar surface area (TPSA) is 34.0 Å². The fourth-order valence-electron chi connectivity index (χ4n) is 14.1. The fraction of sp³-hybridized carbons (Fsp3) is 0.111. The van der Waals surface area contributed by atoms with Crippen LogP contribution in [0.3, 0.4) is 0 Å². The van der Waals surface area contributed by atoms with Crippen LogP contribution in [0.25, 0.3) is 112 Å². The van der Waals surface area contributed by atoms with Gasteiger partial charge in [-0.3, -0.25) is 0 Å². The van der Waals surface area contributed by atoms with Crippen LogP contribution in [-0.4, -0.2) is 13.3 Å². The standard InChI is InChI=1S/C81H58F6N4S/c1-7-73-67(44-48(2)49-16-29-57(30-17-49)80(82,83)84)68-45-54(50-18-31-58(32-19-50)81(85,86)87)28-42-74(68)91(73)61-37-24-53(25-38-61)62-41-43-75(77-76(62)88-92-89-77)90(59-33-20-51(21-34-59)55-26-39-65-63-12-8-10-14-69(63)78(3,4)71(65)46-55)60-35-22-52(23-36-60)56-27-40-66-64-13-9-11-15-70(64)79(5,6)72(66)47-56/h7-47H,1H2,2-6H3/b48-44+. The van der Waals surface area contributed by atoms with Crippen LogP contribution >= 0.6 is 11.7 Å². The first-order valence-electron chi connectivity index (χ1n) is 30.4. The van der Waals surface area contributed by atoms with Gasteiger partial charge in [0.25, 0.3) is 0 Å². The van der Waals surface area contributed by atoms with Gasteiger partial charge in [0.1, 0.15) is 11.0 Å². The molecule has 0 N–H and O–H groups in total. The number of hydrogen-bond donors (Lipinski definition) is 0. The predicted octanol–water partition coefficient (Wildman–Crippen LogP) is 23.6. The van der Waals surface area contributed by atoms with Gasteiger partial charge in [-0.15, -0.1) is 0 Å². The van der Waals surface area contributed by atoms with Crippen molar-refractivity contribution in [2.75, 3.05) is 4.90 Å². The molecule has 2 aliphatic carbocycles. The summed E-state index contributed by atoms with van der Waals surface area (Å²) in [6, 6.07) is 76.8. The summed E-state index contributed by atoms with van der Waals surface area (Å²) in [7, 11) is 0. The number of hydrogen-bond acceptors (Lipinski definition) is 4. The summed E-state index contributed by atoms with van der Waals surface area (Å²) in [5.41, 5.74) is 24.8. The van der Waals surface area contributed by atoms with Crippen LogP contribution < -0.4 is 4.90 Å². The molecule has 2 aromatic heterocycles. The second-order valence-corrected chi connectivity index (χ2v) is 25.5. The third kappa shape index (κ3) is 9.67. The molecular formula is C81H58F6N4S. The second-order valence-electron chi connectivity index (χ2n) is 25.0. The zero-order valence-electron chi connectivity index (χ0n) is 50.8. The molecule has 2 aliphatic rings. The largest absolute Gasteiger partial charge is 0.416 e. The lowest BCUT2D eigenvalue weighted by atomic mass is 9.81. The Morgan fingerprint density at radius 2 is 0.891 bits per heavy atom. The first-order chi connectivity index (χ1) is 44.2. The van der Waals surface area contributed by atoms with Crippen molar-refractivity contribution < 1.29 is 26.3 Å². The van der Waals surface area contributed by atoms with Crippen LogP contribution in [0.15, 0.2) is 243 Å². The average molecular weight is 1230 g/mol. The summed E-state index contributed by atoms with van der Waals surface area (Å²) in [6.45, 7) is 15.3. The minimum atomic E-state index is -4.49. The van der Waals surface area contributed by atoms with Gasteiger partial charge in [-0.25, -0.2) is 0 Å². The molecule has 0 saturated carbocycles. The quantitative estimate of drug-likeness (QED) is 0.121. The normalized spacial score (nSPS) is 13.9. The molecule has 0 saturated heterocycles. The Morgan fingerprint density at radius 3 is 1.41 bits per heavy atom. The van der Waals surface area contributed by atoms with E-state index in [2.05, 4.69) is 189 Å². The smallest absolute Gasteiger partial charge is 0.309 e. The Balaban J connectivity index is 0.804. The number of aromatic nitrogens is 3. The highest BCUT2D eigenvalue weighted by Gasteiger charge is 2.37. The molecule has 2 heterocycles. The predicted molar refractivity (Wildman–Crippen MR) is 366 cm³/mol. The summed E-state index contributed by atoms with van der Waals surface area (Å²) in [6.07, 6.45) is -5.32. The zero-order chi connectivity index (χ0) is 63.6. The number of nitrogens with zero attached hydrogens (tertiary/aromatic N) is 4. The van der Waals surface area contributed by atoms with Crippen molar-refractivity contribution in [3.8, 4) is 72.4 Å². The molecule has 13 aromatic rings. The van der Waals surface area contributed by atoms with Crippen molar-refractivity contribution in [3.63, 3.8) is 0 Å². The molecule has 4 nitrogen and oxygen atoms in total.